The summed E-state index contributed by atoms with van der Waals surface area (Å²) in [5.41, 5.74) is -1.90. The van der Waals surface area contributed by atoms with Gasteiger partial charge in [-0.15, -0.1) is 11.3 Å². The van der Waals surface area contributed by atoms with E-state index in [0.29, 0.717) is 18.8 Å². The van der Waals surface area contributed by atoms with Crippen LogP contribution in [0.4, 0.5) is 4.79 Å². The van der Waals surface area contributed by atoms with E-state index in [4.69, 9.17) is 0 Å². The highest BCUT2D eigenvalue weighted by Crippen LogP contribution is 2.43. The lowest BCUT2D eigenvalue weighted by atomic mass is 9.67. The minimum atomic E-state index is -1.20. The Morgan fingerprint density at radius 3 is 2.52 bits per heavy atom. The number of nitrogens with zero attached hydrogens (tertiary/aromatic N) is 1. The van der Waals surface area contributed by atoms with Crippen LogP contribution in [0, 0.1) is 11.3 Å². The molecule has 0 bridgehead atoms. The summed E-state index contributed by atoms with van der Waals surface area (Å²) >= 11 is 1.40. The zero-order valence-electron chi connectivity index (χ0n) is 17.6. The topological polar surface area (TPSA) is 98.7 Å². The lowest BCUT2D eigenvalue weighted by molar-refractivity contribution is -0.136. The van der Waals surface area contributed by atoms with Crippen LogP contribution < -0.4 is 10.6 Å². The average molecular weight is 422 g/mol. The molecule has 160 valence electrons. The molecule has 4 amide bonds. The first-order valence-corrected chi connectivity index (χ1v) is 11.0. The maximum Gasteiger partial charge on any atom is 0.325 e. The average Bonchev–Trinajstić information content (AvgIpc) is 3.25. The molecule has 1 spiro atoms. The predicted octanol–water partition coefficient (Wildman–Crippen LogP) is 2.60. The molecule has 3 rings (SSSR count). The van der Waals surface area contributed by atoms with Crippen LogP contribution in [0.2, 0.25) is 0 Å². The molecule has 1 aromatic rings. The largest absolute Gasteiger partial charge is 0.383 e. The lowest BCUT2D eigenvalue weighted by Gasteiger charge is -2.40. The van der Waals surface area contributed by atoms with E-state index >= 15 is 0 Å². The van der Waals surface area contributed by atoms with Crippen LogP contribution in [0.15, 0.2) is 17.5 Å². The van der Waals surface area contributed by atoms with Gasteiger partial charge >= 0.3 is 6.03 Å². The third-order valence-corrected chi connectivity index (χ3v) is 7.42. The van der Waals surface area contributed by atoms with E-state index in [0.717, 1.165) is 22.6 Å². The first-order valence-electron chi connectivity index (χ1n) is 10.1. The fraction of sp³-hybridized carbons (Fsp3) is 0.667. The number of nitrogens with one attached hydrogen (secondary N) is 2. The quantitative estimate of drug-likeness (QED) is 0.637. The molecular formula is C21H31N3O4S. The highest BCUT2D eigenvalue weighted by atomic mass is 32.1. The number of imide groups is 1. The van der Waals surface area contributed by atoms with Gasteiger partial charge < -0.3 is 15.7 Å². The van der Waals surface area contributed by atoms with E-state index in [1.165, 1.54) is 11.3 Å². The Bertz CT molecular complexity index is 774. The third kappa shape index (κ3) is 4.48. The van der Waals surface area contributed by atoms with Crippen molar-refractivity contribution in [2.24, 2.45) is 11.3 Å². The van der Waals surface area contributed by atoms with Crippen LogP contribution in [0.25, 0.3) is 0 Å². The number of hydrogen-bond acceptors (Lipinski definition) is 5. The SMILES string of the molecule is CC(O)(CNC(=O)CN1C(=O)NC2(CCC(C(C)(C)C)CC2)C1=O)c1cccs1. The van der Waals surface area contributed by atoms with E-state index in [-0.39, 0.29) is 24.4 Å². The minimum Gasteiger partial charge on any atom is -0.383 e. The van der Waals surface area contributed by atoms with Gasteiger partial charge in [0.25, 0.3) is 5.91 Å². The maximum absolute atomic E-state index is 13.0. The van der Waals surface area contributed by atoms with Gasteiger partial charge in [0.15, 0.2) is 0 Å². The lowest BCUT2D eigenvalue weighted by Crippen LogP contribution is -2.51. The van der Waals surface area contributed by atoms with Crippen LogP contribution in [0.1, 0.15) is 58.3 Å². The number of rotatable bonds is 5. The fourth-order valence-corrected chi connectivity index (χ4v) is 5.06. The van der Waals surface area contributed by atoms with E-state index in [2.05, 4.69) is 31.4 Å². The van der Waals surface area contributed by atoms with Gasteiger partial charge in [-0.3, -0.25) is 14.5 Å². The van der Waals surface area contributed by atoms with E-state index in [1.807, 2.05) is 11.4 Å². The van der Waals surface area contributed by atoms with Crippen LogP contribution in [0.3, 0.4) is 0 Å². The number of urea groups is 1. The molecule has 7 nitrogen and oxygen atoms in total. The predicted molar refractivity (Wildman–Crippen MR) is 111 cm³/mol. The first kappa shape index (κ1) is 21.8. The van der Waals surface area contributed by atoms with Gasteiger partial charge in [0.2, 0.25) is 5.91 Å². The summed E-state index contributed by atoms with van der Waals surface area (Å²) in [5, 5.41) is 17.9. The summed E-state index contributed by atoms with van der Waals surface area (Å²) in [7, 11) is 0. The molecule has 2 heterocycles. The van der Waals surface area contributed by atoms with Gasteiger partial charge in [-0.1, -0.05) is 26.8 Å². The minimum absolute atomic E-state index is 0.00834. The fourth-order valence-electron chi connectivity index (χ4n) is 4.28. The molecule has 1 atom stereocenters. The standard InChI is InChI=1S/C21H31N3O4S/c1-19(2,3)14-7-9-21(10-8-14)17(26)24(18(27)23-21)12-16(25)22-13-20(4,28)15-6-5-11-29-15/h5-6,11,14,28H,7-10,12-13H2,1-4H3,(H,22,25)(H,23,27). The van der Waals surface area contributed by atoms with Crippen LogP contribution in [-0.4, -0.2) is 46.5 Å². The van der Waals surface area contributed by atoms with Crippen molar-refractivity contribution in [3.63, 3.8) is 0 Å². The van der Waals surface area contributed by atoms with Crippen molar-refractivity contribution in [2.45, 2.75) is 64.5 Å². The van der Waals surface area contributed by atoms with Crippen molar-refractivity contribution in [3.05, 3.63) is 22.4 Å². The van der Waals surface area contributed by atoms with Gasteiger partial charge in [-0.2, -0.15) is 0 Å². The molecule has 1 saturated heterocycles. The summed E-state index contributed by atoms with van der Waals surface area (Å²) in [6.45, 7) is 7.89. The van der Waals surface area contributed by atoms with Gasteiger partial charge in [0, 0.05) is 4.88 Å². The molecule has 1 aromatic heterocycles. The van der Waals surface area contributed by atoms with Crippen molar-refractivity contribution in [1.29, 1.82) is 0 Å². The van der Waals surface area contributed by atoms with E-state index in [1.54, 1.807) is 13.0 Å². The zero-order chi connectivity index (χ0) is 21.4. The molecule has 3 N–H and O–H groups in total. The first-order chi connectivity index (χ1) is 13.4. The summed E-state index contributed by atoms with van der Waals surface area (Å²) in [5.74, 6) is -0.268. The molecule has 29 heavy (non-hydrogen) atoms. The van der Waals surface area contributed by atoms with Gasteiger partial charge in [-0.25, -0.2) is 4.79 Å². The zero-order valence-corrected chi connectivity index (χ0v) is 18.4. The van der Waals surface area contributed by atoms with Crippen LogP contribution in [0.5, 0.6) is 0 Å². The molecule has 2 fully saturated rings. The molecular weight excluding hydrogens is 390 g/mol. The number of hydrogen-bond donors (Lipinski definition) is 3. The molecule has 1 unspecified atom stereocenters. The van der Waals surface area contributed by atoms with Crippen molar-refractivity contribution in [2.75, 3.05) is 13.1 Å². The van der Waals surface area contributed by atoms with Crippen molar-refractivity contribution in [3.8, 4) is 0 Å². The highest BCUT2D eigenvalue weighted by Gasteiger charge is 2.53. The summed E-state index contributed by atoms with van der Waals surface area (Å²) in [6.07, 6.45) is 2.95. The van der Waals surface area contributed by atoms with Gasteiger partial charge in [-0.05, 0) is 55.4 Å². The Labute approximate surface area is 175 Å². The number of thiophene rings is 1. The Balaban J connectivity index is 1.57. The maximum atomic E-state index is 13.0. The normalized spacial score (nSPS) is 27.1. The van der Waals surface area contributed by atoms with Crippen LogP contribution >= 0.6 is 11.3 Å². The summed E-state index contributed by atoms with van der Waals surface area (Å²) < 4.78 is 0. The summed E-state index contributed by atoms with van der Waals surface area (Å²) in [4.78, 5) is 39.5. The Hall–Kier alpha value is -1.93. The molecule has 8 heteroatoms. The molecule has 0 aromatic carbocycles. The van der Waals surface area contributed by atoms with Gasteiger partial charge in [0.05, 0.1) is 6.54 Å². The number of carbonyl (C=O) groups is 3. The Morgan fingerprint density at radius 1 is 1.31 bits per heavy atom. The Kier molecular flexibility index (Phi) is 5.80. The van der Waals surface area contributed by atoms with Crippen molar-refractivity contribution in [1.82, 2.24) is 15.5 Å². The molecule has 0 radical (unpaired) electrons. The van der Waals surface area contributed by atoms with Crippen LogP contribution in [-0.2, 0) is 15.2 Å². The second-order valence-electron chi connectivity index (χ2n) is 9.57. The van der Waals surface area contributed by atoms with Gasteiger partial charge in [0.1, 0.15) is 17.7 Å². The third-order valence-electron chi connectivity index (χ3n) is 6.29. The van der Waals surface area contributed by atoms with E-state index in [9.17, 15) is 19.5 Å². The Morgan fingerprint density at radius 2 is 1.97 bits per heavy atom. The smallest absolute Gasteiger partial charge is 0.325 e. The number of amides is 4. The molecule has 1 aliphatic carbocycles. The van der Waals surface area contributed by atoms with E-state index < -0.39 is 23.1 Å². The number of aliphatic hydroxyl groups is 1. The summed E-state index contributed by atoms with van der Waals surface area (Å²) in [6, 6.07) is 3.12. The molecule has 1 saturated carbocycles. The molecule has 2 aliphatic rings. The number of carbonyl (C=O) groups excluding carboxylic acids is 3. The monoisotopic (exact) mass is 421 g/mol. The molecule has 1 aliphatic heterocycles. The van der Waals surface area contributed by atoms with Crippen molar-refractivity contribution < 1.29 is 19.5 Å². The van der Waals surface area contributed by atoms with Crippen molar-refractivity contribution >= 4 is 29.2 Å². The second-order valence-corrected chi connectivity index (χ2v) is 10.5. The second kappa shape index (κ2) is 7.72. The highest BCUT2D eigenvalue weighted by molar-refractivity contribution is 7.10.